The average Bonchev–Trinajstić information content (AvgIpc) is 2.98. The van der Waals surface area contributed by atoms with Crippen LogP contribution in [0.5, 0.6) is 0 Å². The molecule has 4 saturated carbocycles. The number of likely N-dealkylation sites (tertiary alicyclic amines) is 1. The van der Waals surface area contributed by atoms with E-state index in [1.807, 2.05) is 4.90 Å². The van der Waals surface area contributed by atoms with Crippen molar-refractivity contribution in [2.45, 2.75) is 84.2 Å². The molecule has 2 amide bonds. The van der Waals surface area contributed by atoms with E-state index in [9.17, 15) is 9.59 Å². The molecular formula is C21H34N2O2. The Morgan fingerprint density at radius 1 is 1.00 bits per heavy atom. The molecule has 1 aliphatic heterocycles. The van der Waals surface area contributed by atoms with Gasteiger partial charge in [0.1, 0.15) is 6.04 Å². The molecule has 1 heterocycles. The van der Waals surface area contributed by atoms with E-state index in [4.69, 9.17) is 0 Å². The monoisotopic (exact) mass is 346 g/mol. The molecular weight excluding hydrogens is 312 g/mol. The molecule has 1 N–H and O–H groups in total. The molecule has 0 aromatic carbocycles. The van der Waals surface area contributed by atoms with E-state index in [1.54, 1.807) is 0 Å². The van der Waals surface area contributed by atoms with Crippen LogP contribution in [0, 0.1) is 29.1 Å². The minimum absolute atomic E-state index is 0.0257. The van der Waals surface area contributed by atoms with Gasteiger partial charge in [-0.1, -0.05) is 20.8 Å². The molecule has 4 nitrogen and oxygen atoms in total. The maximum atomic E-state index is 13.0. The molecule has 4 heteroatoms. The third-order valence-electron chi connectivity index (χ3n) is 7.09. The first kappa shape index (κ1) is 17.4. The van der Waals surface area contributed by atoms with Crippen molar-refractivity contribution in [3.05, 3.63) is 0 Å². The Morgan fingerprint density at radius 3 is 2.16 bits per heavy atom. The Balaban J connectivity index is 1.40. The molecule has 0 radical (unpaired) electrons. The molecule has 0 aromatic rings. The number of hydrogen-bond donors (Lipinski definition) is 1. The maximum absolute atomic E-state index is 13.0. The lowest BCUT2D eigenvalue weighted by molar-refractivity contribution is -0.141. The fourth-order valence-electron chi connectivity index (χ4n) is 6.31. The summed E-state index contributed by atoms with van der Waals surface area (Å²) in [4.78, 5) is 27.5. The highest BCUT2D eigenvalue weighted by Crippen LogP contribution is 2.53. The van der Waals surface area contributed by atoms with E-state index in [0.29, 0.717) is 24.3 Å². The van der Waals surface area contributed by atoms with Gasteiger partial charge in [0.2, 0.25) is 11.8 Å². The van der Waals surface area contributed by atoms with Gasteiger partial charge in [-0.2, -0.15) is 0 Å². The predicted octanol–water partition coefficient (Wildman–Crippen LogP) is 3.35. The molecule has 1 saturated heterocycles. The van der Waals surface area contributed by atoms with Crippen molar-refractivity contribution in [1.82, 2.24) is 10.2 Å². The van der Waals surface area contributed by atoms with Crippen molar-refractivity contribution in [3.8, 4) is 0 Å². The first-order valence-electron chi connectivity index (χ1n) is 10.4. The van der Waals surface area contributed by atoms with Gasteiger partial charge in [-0.3, -0.25) is 9.59 Å². The summed E-state index contributed by atoms with van der Waals surface area (Å²) in [6.07, 6.45) is 9.00. The van der Waals surface area contributed by atoms with Crippen molar-refractivity contribution < 1.29 is 9.59 Å². The van der Waals surface area contributed by atoms with Gasteiger partial charge in [0.05, 0.1) is 0 Å². The number of carbonyl (C=O) groups is 2. The number of carbonyl (C=O) groups excluding carboxylic acids is 2. The minimum atomic E-state index is -0.230. The van der Waals surface area contributed by atoms with Gasteiger partial charge >= 0.3 is 0 Å². The summed E-state index contributed by atoms with van der Waals surface area (Å²) in [6.45, 7) is 7.01. The summed E-state index contributed by atoms with van der Waals surface area (Å²) in [7, 11) is 0. The van der Waals surface area contributed by atoms with Crippen molar-refractivity contribution in [2.24, 2.45) is 29.1 Å². The molecule has 5 aliphatic rings. The summed E-state index contributed by atoms with van der Waals surface area (Å²) in [5.41, 5.74) is -0.0257. The number of hydrogen-bond acceptors (Lipinski definition) is 2. The molecule has 5 rings (SSSR count). The third kappa shape index (κ3) is 3.46. The van der Waals surface area contributed by atoms with Crippen molar-refractivity contribution in [3.63, 3.8) is 0 Å². The Kier molecular flexibility index (Phi) is 4.36. The van der Waals surface area contributed by atoms with Crippen LogP contribution in [0.15, 0.2) is 0 Å². The van der Waals surface area contributed by atoms with Gasteiger partial charge in [0.25, 0.3) is 0 Å². The molecule has 5 fully saturated rings. The number of rotatable bonds is 3. The van der Waals surface area contributed by atoms with Crippen LogP contribution in [0.2, 0.25) is 0 Å². The number of nitrogens with zero attached hydrogens (tertiary/aromatic N) is 1. The Morgan fingerprint density at radius 2 is 1.60 bits per heavy atom. The predicted molar refractivity (Wildman–Crippen MR) is 97.8 cm³/mol. The highest BCUT2D eigenvalue weighted by Gasteiger charge is 2.49. The molecule has 0 aromatic heterocycles. The smallest absolute Gasteiger partial charge is 0.243 e. The fourth-order valence-corrected chi connectivity index (χ4v) is 6.31. The van der Waals surface area contributed by atoms with Crippen molar-refractivity contribution in [1.29, 1.82) is 0 Å². The summed E-state index contributed by atoms with van der Waals surface area (Å²) in [5, 5.41) is 3.42. The second-order valence-corrected chi connectivity index (χ2v) is 10.4. The van der Waals surface area contributed by atoms with Gasteiger partial charge in [-0.15, -0.1) is 0 Å². The zero-order valence-electron chi connectivity index (χ0n) is 16.1. The summed E-state index contributed by atoms with van der Waals surface area (Å²) >= 11 is 0. The molecule has 25 heavy (non-hydrogen) atoms. The second-order valence-electron chi connectivity index (χ2n) is 10.4. The zero-order chi connectivity index (χ0) is 17.8. The summed E-state index contributed by atoms with van der Waals surface area (Å²) < 4.78 is 0. The van der Waals surface area contributed by atoms with Crippen LogP contribution >= 0.6 is 0 Å². The molecule has 0 unspecified atom stereocenters. The van der Waals surface area contributed by atoms with E-state index in [-0.39, 0.29) is 23.3 Å². The second kappa shape index (κ2) is 6.28. The zero-order valence-corrected chi connectivity index (χ0v) is 16.1. The van der Waals surface area contributed by atoms with E-state index in [0.717, 1.165) is 31.2 Å². The molecule has 4 aliphatic carbocycles. The molecule has 4 bridgehead atoms. The lowest BCUT2D eigenvalue weighted by atomic mass is 9.54. The first-order chi connectivity index (χ1) is 11.8. The van der Waals surface area contributed by atoms with E-state index in [1.165, 1.54) is 32.1 Å². The Bertz CT molecular complexity index is 523. The van der Waals surface area contributed by atoms with Crippen LogP contribution in [0.4, 0.5) is 0 Å². The van der Waals surface area contributed by atoms with Crippen LogP contribution in [-0.2, 0) is 9.59 Å². The van der Waals surface area contributed by atoms with E-state index < -0.39 is 0 Å². The molecule has 0 spiro atoms. The fraction of sp³-hybridized carbons (Fsp3) is 0.905. The standard InChI is InChI=1S/C21H34N2O2/c1-21(2,3)12-18(24)23-6-4-5-17(23)20(25)22-19-15-8-13-7-14(10-15)11-16(19)9-13/h13-17,19H,4-12H2,1-3H3,(H,22,25)/t13?,14?,15?,16?,17-,19?/m0/s1. The van der Waals surface area contributed by atoms with Crippen LogP contribution in [0.1, 0.15) is 72.1 Å². The first-order valence-corrected chi connectivity index (χ1v) is 10.4. The summed E-state index contributed by atoms with van der Waals surface area (Å²) in [6, 6.07) is 0.146. The lowest BCUT2D eigenvalue weighted by Crippen LogP contribution is -2.58. The lowest BCUT2D eigenvalue weighted by Gasteiger charge is -2.54. The topological polar surface area (TPSA) is 49.4 Å². The third-order valence-corrected chi connectivity index (χ3v) is 7.09. The van der Waals surface area contributed by atoms with Crippen LogP contribution in [0.3, 0.4) is 0 Å². The average molecular weight is 347 g/mol. The molecule has 1 atom stereocenters. The van der Waals surface area contributed by atoms with Crippen LogP contribution < -0.4 is 5.32 Å². The highest BCUT2D eigenvalue weighted by molar-refractivity contribution is 5.88. The van der Waals surface area contributed by atoms with Crippen molar-refractivity contribution >= 4 is 11.8 Å². The van der Waals surface area contributed by atoms with Crippen LogP contribution in [0.25, 0.3) is 0 Å². The SMILES string of the molecule is CC(C)(C)CC(=O)N1CCC[C@H]1C(=O)NC1C2CC3CC(C2)CC1C3. The normalized spacial score (nSPS) is 39.7. The largest absolute Gasteiger partial charge is 0.351 e. The van der Waals surface area contributed by atoms with E-state index in [2.05, 4.69) is 26.1 Å². The van der Waals surface area contributed by atoms with Gasteiger partial charge in [0.15, 0.2) is 0 Å². The van der Waals surface area contributed by atoms with Gasteiger partial charge in [-0.25, -0.2) is 0 Å². The van der Waals surface area contributed by atoms with Gasteiger partial charge in [-0.05, 0) is 74.0 Å². The highest BCUT2D eigenvalue weighted by atomic mass is 16.2. The number of amides is 2. The summed E-state index contributed by atoms with van der Waals surface area (Å²) in [5.74, 6) is 3.51. The van der Waals surface area contributed by atoms with Gasteiger partial charge < -0.3 is 10.2 Å². The minimum Gasteiger partial charge on any atom is -0.351 e. The maximum Gasteiger partial charge on any atom is 0.243 e. The van der Waals surface area contributed by atoms with Crippen LogP contribution in [-0.4, -0.2) is 35.3 Å². The van der Waals surface area contributed by atoms with E-state index >= 15 is 0 Å². The van der Waals surface area contributed by atoms with Gasteiger partial charge in [0, 0.05) is 19.0 Å². The quantitative estimate of drug-likeness (QED) is 0.852. The molecule has 140 valence electrons. The number of nitrogens with one attached hydrogen (secondary N) is 1. The Hall–Kier alpha value is -1.06. The Labute approximate surface area is 152 Å². The van der Waals surface area contributed by atoms with Crippen molar-refractivity contribution in [2.75, 3.05) is 6.54 Å².